The van der Waals surface area contributed by atoms with Crippen molar-refractivity contribution in [1.29, 1.82) is 0 Å². The maximum absolute atomic E-state index is 11.7. The molecule has 0 N–H and O–H groups in total. The largest absolute Gasteiger partial charge is 0.464 e. The molecule has 1 atom stereocenters. The summed E-state index contributed by atoms with van der Waals surface area (Å²) >= 11 is 0. The highest BCUT2D eigenvalue weighted by molar-refractivity contribution is 5.74. The Labute approximate surface area is 80.2 Å². The lowest BCUT2D eigenvalue weighted by atomic mass is 10.4. The van der Waals surface area contributed by atoms with Crippen molar-refractivity contribution in [2.45, 2.75) is 32.5 Å². The van der Waals surface area contributed by atoms with E-state index in [2.05, 4.69) is 9.47 Å². The lowest BCUT2D eigenvalue weighted by molar-refractivity contribution is -0.192. The number of carbonyl (C=O) groups is 1. The summed E-state index contributed by atoms with van der Waals surface area (Å²) in [5, 5.41) is 0. The van der Waals surface area contributed by atoms with E-state index in [0.717, 1.165) is 0 Å². The van der Waals surface area contributed by atoms with Crippen molar-refractivity contribution in [3.05, 3.63) is 0 Å². The van der Waals surface area contributed by atoms with Gasteiger partial charge in [0.05, 0.1) is 6.61 Å². The van der Waals surface area contributed by atoms with E-state index in [9.17, 15) is 18.0 Å². The minimum atomic E-state index is -4.42. The highest BCUT2D eigenvalue weighted by atomic mass is 19.4. The van der Waals surface area contributed by atoms with E-state index in [1.807, 2.05) is 0 Å². The van der Waals surface area contributed by atoms with Crippen LogP contribution >= 0.6 is 0 Å². The number of alkyl halides is 3. The highest BCUT2D eigenvalue weighted by Crippen LogP contribution is 2.15. The van der Waals surface area contributed by atoms with Crippen molar-refractivity contribution in [2.24, 2.45) is 0 Å². The Balaban J connectivity index is 3.73. The molecule has 14 heavy (non-hydrogen) atoms. The first-order chi connectivity index (χ1) is 6.37. The number of halogens is 3. The molecule has 0 aromatic rings. The fraction of sp³-hybridized carbons (Fsp3) is 0.875. The van der Waals surface area contributed by atoms with Crippen molar-refractivity contribution in [1.82, 2.24) is 0 Å². The maximum atomic E-state index is 11.7. The minimum Gasteiger partial charge on any atom is -0.464 e. The van der Waals surface area contributed by atoms with Crippen molar-refractivity contribution in [3.8, 4) is 0 Å². The van der Waals surface area contributed by atoms with E-state index < -0.39 is 24.9 Å². The zero-order valence-corrected chi connectivity index (χ0v) is 8.06. The van der Waals surface area contributed by atoms with Gasteiger partial charge in [0.2, 0.25) is 0 Å². The quantitative estimate of drug-likeness (QED) is 0.656. The zero-order valence-electron chi connectivity index (χ0n) is 8.06. The molecule has 6 heteroatoms. The van der Waals surface area contributed by atoms with Gasteiger partial charge in [-0.3, -0.25) is 0 Å². The molecule has 0 aromatic heterocycles. The van der Waals surface area contributed by atoms with Gasteiger partial charge in [0, 0.05) is 0 Å². The molecule has 0 aliphatic heterocycles. The Kier molecular flexibility index (Phi) is 5.52. The smallest absolute Gasteiger partial charge is 0.411 e. The zero-order chi connectivity index (χ0) is 11.2. The van der Waals surface area contributed by atoms with Crippen LogP contribution in [0.1, 0.15) is 20.3 Å². The summed E-state index contributed by atoms with van der Waals surface area (Å²) in [5.74, 6) is -0.767. The van der Waals surface area contributed by atoms with Crippen LogP contribution in [0.25, 0.3) is 0 Å². The summed E-state index contributed by atoms with van der Waals surface area (Å²) in [6.45, 7) is 1.77. The molecule has 3 nitrogen and oxygen atoms in total. The summed E-state index contributed by atoms with van der Waals surface area (Å²) < 4.78 is 43.8. The summed E-state index contributed by atoms with van der Waals surface area (Å²) in [6.07, 6.45) is -4.97. The Morgan fingerprint density at radius 1 is 1.43 bits per heavy atom. The van der Waals surface area contributed by atoms with E-state index in [0.29, 0.717) is 6.42 Å². The number of rotatable bonds is 5. The normalized spacial score (nSPS) is 13.8. The Morgan fingerprint density at radius 2 is 2.00 bits per heavy atom. The molecule has 0 aliphatic carbocycles. The fourth-order valence-electron chi connectivity index (χ4n) is 0.608. The van der Waals surface area contributed by atoms with Crippen LogP contribution in [0.4, 0.5) is 13.2 Å². The molecule has 0 rings (SSSR count). The second-order valence-electron chi connectivity index (χ2n) is 2.74. The molecular formula is C8H13F3O3. The van der Waals surface area contributed by atoms with Gasteiger partial charge in [0.15, 0.2) is 6.10 Å². The van der Waals surface area contributed by atoms with Gasteiger partial charge in [0.25, 0.3) is 0 Å². The number of hydrogen-bond acceptors (Lipinski definition) is 3. The van der Waals surface area contributed by atoms with Gasteiger partial charge >= 0.3 is 12.1 Å². The molecule has 1 unspecified atom stereocenters. The number of hydrogen-bond donors (Lipinski definition) is 0. The first-order valence-electron chi connectivity index (χ1n) is 4.21. The average molecular weight is 214 g/mol. The predicted molar refractivity (Wildman–Crippen MR) is 42.7 cm³/mol. The van der Waals surface area contributed by atoms with Crippen molar-refractivity contribution < 1.29 is 27.4 Å². The molecule has 0 aromatic carbocycles. The minimum absolute atomic E-state index is 0.193. The second kappa shape index (κ2) is 5.85. The van der Waals surface area contributed by atoms with Gasteiger partial charge in [-0.05, 0) is 13.3 Å². The van der Waals surface area contributed by atoms with E-state index in [4.69, 9.17) is 0 Å². The van der Waals surface area contributed by atoms with E-state index in [1.54, 1.807) is 6.92 Å². The molecular weight excluding hydrogens is 201 g/mol. The van der Waals surface area contributed by atoms with Crippen LogP contribution in [0.5, 0.6) is 0 Å². The predicted octanol–water partition coefficient (Wildman–Crippen LogP) is 1.91. The third kappa shape index (κ3) is 6.71. The van der Waals surface area contributed by atoms with Crippen LogP contribution in [0.3, 0.4) is 0 Å². The van der Waals surface area contributed by atoms with E-state index >= 15 is 0 Å². The van der Waals surface area contributed by atoms with Gasteiger partial charge in [-0.2, -0.15) is 13.2 Å². The van der Waals surface area contributed by atoms with Crippen LogP contribution in [0, 0.1) is 0 Å². The summed E-state index contributed by atoms with van der Waals surface area (Å²) in [5.41, 5.74) is 0. The van der Waals surface area contributed by atoms with Crippen molar-refractivity contribution in [2.75, 3.05) is 13.2 Å². The monoisotopic (exact) mass is 214 g/mol. The first kappa shape index (κ1) is 13.2. The van der Waals surface area contributed by atoms with Crippen LogP contribution in [-0.2, 0) is 14.3 Å². The Hall–Kier alpha value is -0.780. The average Bonchev–Trinajstić information content (AvgIpc) is 2.09. The molecule has 0 saturated heterocycles. The Morgan fingerprint density at radius 3 is 2.43 bits per heavy atom. The van der Waals surface area contributed by atoms with Crippen LogP contribution in [0.2, 0.25) is 0 Å². The second-order valence-corrected chi connectivity index (χ2v) is 2.74. The molecule has 0 spiro atoms. The lowest BCUT2D eigenvalue weighted by Gasteiger charge is -2.13. The summed E-state index contributed by atoms with van der Waals surface area (Å²) in [7, 11) is 0. The summed E-state index contributed by atoms with van der Waals surface area (Å²) in [6, 6.07) is 0. The van der Waals surface area contributed by atoms with Gasteiger partial charge < -0.3 is 9.47 Å². The standard InChI is InChI=1S/C8H13F3O3/c1-3-4-13-7(12)6(2)14-5-8(9,10)11/h6H,3-5H2,1-2H3. The molecule has 0 fully saturated rings. The van der Waals surface area contributed by atoms with Crippen LogP contribution in [0.15, 0.2) is 0 Å². The van der Waals surface area contributed by atoms with Crippen molar-refractivity contribution in [3.63, 3.8) is 0 Å². The molecule has 0 heterocycles. The molecule has 84 valence electrons. The molecule has 0 saturated carbocycles. The third-order valence-electron chi connectivity index (χ3n) is 1.28. The van der Waals surface area contributed by atoms with E-state index in [1.165, 1.54) is 6.92 Å². The number of ether oxygens (including phenoxy) is 2. The Bertz CT molecular complexity index is 179. The van der Waals surface area contributed by atoms with Gasteiger partial charge in [-0.1, -0.05) is 6.92 Å². The lowest BCUT2D eigenvalue weighted by Crippen LogP contribution is -2.28. The van der Waals surface area contributed by atoms with Gasteiger partial charge in [0.1, 0.15) is 6.61 Å². The molecule has 0 bridgehead atoms. The summed E-state index contributed by atoms with van der Waals surface area (Å²) in [4.78, 5) is 10.9. The van der Waals surface area contributed by atoms with Gasteiger partial charge in [-0.25, -0.2) is 4.79 Å². The maximum Gasteiger partial charge on any atom is 0.411 e. The van der Waals surface area contributed by atoms with E-state index in [-0.39, 0.29) is 6.61 Å². The third-order valence-corrected chi connectivity index (χ3v) is 1.28. The number of carbonyl (C=O) groups excluding carboxylic acids is 1. The van der Waals surface area contributed by atoms with Gasteiger partial charge in [-0.15, -0.1) is 0 Å². The van der Waals surface area contributed by atoms with Crippen LogP contribution < -0.4 is 0 Å². The number of esters is 1. The topological polar surface area (TPSA) is 35.5 Å². The molecule has 0 amide bonds. The fourth-order valence-corrected chi connectivity index (χ4v) is 0.608. The van der Waals surface area contributed by atoms with Crippen molar-refractivity contribution >= 4 is 5.97 Å². The van der Waals surface area contributed by atoms with Crippen LogP contribution in [-0.4, -0.2) is 31.5 Å². The molecule has 0 aliphatic rings. The SMILES string of the molecule is CCCOC(=O)C(C)OCC(F)(F)F. The molecule has 0 radical (unpaired) electrons. The highest BCUT2D eigenvalue weighted by Gasteiger charge is 2.30. The first-order valence-corrected chi connectivity index (χ1v) is 4.21.